The number of rotatable bonds is 4. The highest BCUT2D eigenvalue weighted by Gasteiger charge is 2.30. The van der Waals surface area contributed by atoms with E-state index in [-0.39, 0.29) is 23.7 Å². The van der Waals surface area contributed by atoms with Gasteiger partial charge in [0.2, 0.25) is 11.8 Å². The van der Waals surface area contributed by atoms with Crippen molar-refractivity contribution >= 4 is 58.2 Å². The van der Waals surface area contributed by atoms with E-state index in [0.717, 1.165) is 33.4 Å². The molecular formula is C36H30Cl4N2O2. The number of carbonyl (C=O) groups excluding carboxylic acids is 2. The first-order valence-electron chi connectivity index (χ1n) is 14.1. The van der Waals surface area contributed by atoms with E-state index in [1.165, 1.54) is 12.2 Å². The maximum atomic E-state index is 12.1. The second-order valence-electron chi connectivity index (χ2n) is 10.7. The molecule has 2 atom stereocenters. The van der Waals surface area contributed by atoms with Gasteiger partial charge in [0, 0.05) is 38.0 Å². The normalized spacial score (nSPS) is 17.0. The molecule has 0 radical (unpaired) electrons. The lowest BCUT2D eigenvalue weighted by Crippen LogP contribution is -2.37. The molecule has 6 rings (SSSR count). The Morgan fingerprint density at radius 1 is 0.591 bits per heavy atom. The minimum Gasteiger partial charge on any atom is -0.334 e. The fraction of sp³-hybridized carbons (Fsp3) is 0.167. The number of hydrogen-bond acceptors (Lipinski definition) is 2. The molecule has 0 saturated heterocycles. The van der Waals surface area contributed by atoms with E-state index < -0.39 is 0 Å². The molecule has 4 aromatic carbocycles. The maximum Gasteiger partial charge on any atom is 0.246 e. The minimum absolute atomic E-state index is 0.0716. The van der Waals surface area contributed by atoms with E-state index in [4.69, 9.17) is 46.4 Å². The summed E-state index contributed by atoms with van der Waals surface area (Å²) in [6, 6.07) is 27.8. The van der Waals surface area contributed by atoms with Gasteiger partial charge in [0.25, 0.3) is 0 Å². The van der Waals surface area contributed by atoms with Gasteiger partial charge in [-0.2, -0.15) is 0 Å². The summed E-state index contributed by atoms with van der Waals surface area (Å²) in [5, 5.41) is 2.12. The largest absolute Gasteiger partial charge is 0.334 e. The topological polar surface area (TPSA) is 40.6 Å². The van der Waals surface area contributed by atoms with Crippen molar-refractivity contribution in [1.82, 2.24) is 9.80 Å². The van der Waals surface area contributed by atoms with Gasteiger partial charge in [0.15, 0.2) is 0 Å². The predicted molar refractivity (Wildman–Crippen MR) is 181 cm³/mol. The van der Waals surface area contributed by atoms with Crippen molar-refractivity contribution in [3.05, 3.63) is 164 Å². The van der Waals surface area contributed by atoms with Crippen LogP contribution in [0, 0.1) is 0 Å². The molecular weight excluding hydrogens is 634 g/mol. The summed E-state index contributed by atoms with van der Waals surface area (Å²) in [6.07, 6.45) is 2.70. The summed E-state index contributed by atoms with van der Waals surface area (Å²) < 4.78 is 0. The minimum atomic E-state index is -0.0716. The van der Waals surface area contributed by atoms with E-state index in [1.54, 1.807) is 9.80 Å². The van der Waals surface area contributed by atoms with Crippen molar-refractivity contribution in [2.45, 2.75) is 24.9 Å². The highest BCUT2D eigenvalue weighted by atomic mass is 35.5. The molecule has 0 aromatic heterocycles. The van der Waals surface area contributed by atoms with Crippen LogP contribution in [0.3, 0.4) is 0 Å². The van der Waals surface area contributed by atoms with Crippen molar-refractivity contribution in [2.75, 3.05) is 13.1 Å². The molecule has 2 amide bonds. The highest BCUT2D eigenvalue weighted by molar-refractivity contribution is 6.42. The second kappa shape index (κ2) is 14.0. The Bertz CT molecular complexity index is 1580. The Kier molecular flexibility index (Phi) is 10.2. The predicted octanol–water partition coefficient (Wildman–Crippen LogP) is 9.31. The molecule has 0 fully saturated rings. The van der Waals surface area contributed by atoms with Crippen LogP contribution in [0.5, 0.6) is 0 Å². The summed E-state index contributed by atoms with van der Waals surface area (Å²) in [5.41, 5.74) is 6.64. The van der Waals surface area contributed by atoms with Crippen LogP contribution < -0.4 is 0 Å². The Labute approximate surface area is 278 Å². The van der Waals surface area contributed by atoms with Gasteiger partial charge in [-0.25, -0.2) is 0 Å². The van der Waals surface area contributed by atoms with Crippen molar-refractivity contribution < 1.29 is 9.59 Å². The van der Waals surface area contributed by atoms with E-state index in [2.05, 4.69) is 37.4 Å². The first-order valence-corrected chi connectivity index (χ1v) is 15.6. The standard InChI is InChI=1S/2C18H15Cl2NO/c2*1-2-18(22)21-10-13-8-16(19)17(20)9-14(13)15(11-21)12-6-4-3-5-7-12/h2*2-9,15H,1,10-11H2/t2*15-/m10/s1. The lowest BCUT2D eigenvalue weighted by atomic mass is 9.84. The summed E-state index contributed by atoms with van der Waals surface area (Å²) in [7, 11) is 0. The molecule has 0 N–H and O–H groups in total. The van der Waals surface area contributed by atoms with Crippen LogP contribution in [0.1, 0.15) is 45.2 Å². The molecule has 8 heteroatoms. The van der Waals surface area contributed by atoms with Gasteiger partial charge < -0.3 is 9.80 Å². The second-order valence-corrected chi connectivity index (χ2v) is 12.3. The molecule has 0 bridgehead atoms. The Morgan fingerprint density at radius 3 is 1.27 bits per heavy atom. The number of halogens is 4. The number of fused-ring (bicyclic) bond motifs is 2. The monoisotopic (exact) mass is 662 g/mol. The number of hydrogen-bond donors (Lipinski definition) is 0. The molecule has 0 unspecified atom stereocenters. The van der Waals surface area contributed by atoms with Gasteiger partial charge in [0.1, 0.15) is 0 Å². The number of benzene rings is 4. The van der Waals surface area contributed by atoms with Crippen LogP contribution in [0.25, 0.3) is 0 Å². The summed E-state index contributed by atoms with van der Waals surface area (Å²) >= 11 is 24.7. The molecule has 4 aromatic rings. The molecule has 224 valence electrons. The Morgan fingerprint density at radius 2 is 0.932 bits per heavy atom. The van der Waals surface area contributed by atoms with E-state index >= 15 is 0 Å². The molecule has 0 spiro atoms. The van der Waals surface area contributed by atoms with E-state index in [1.807, 2.05) is 60.7 Å². The van der Waals surface area contributed by atoms with Crippen LogP contribution >= 0.6 is 46.4 Å². The SMILES string of the molecule is C=CC(=O)N1Cc2cc(Cl)c(Cl)cc2[C@@H](c2ccccc2)C1.C=CC(=O)N1Cc2cc(Cl)c(Cl)cc2[C@H](c2ccccc2)C1. The third kappa shape index (κ3) is 6.90. The fourth-order valence-corrected chi connectivity index (χ4v) is 6.56. The van der Waals surface area contributed by atoms with E-state index in [9.17, 15) is 9.59 Å². The number of carbonyl (C=O) groups is 2. The molecule has 44 heavy (non-hydrogen) atoms. The first kappa shape index (κ1) is 31.9. The van der Waals surface area contributed by atoms with Crippen LogP contribution in [0.4, 0.5) is 0 Å². The van der Waals surface area contributed by atoms with Gasteiger partial charge in [-0.3, -0.25) is 9.59 Å². The van der Waals surface area contributed by atoms with Gasteiger partial charge in [-0.1, -0.05) is 120 Å². The Hall–Kier alpha value is -3.54. The van der Waals surface area contributed by atoms with Crippen molar-refractivity contribution in [3.8, 4) is 0 Å². The van der Waals surface area contributed by atoms with Crippen LogP contribution in [0.15, 0.2) is 110 Å². The molecule has 4 nitrogen and oxygen atoms in total. The Balaban J connectivity index is 0.000000175. The fourth-order valence-electron chi connectivity index (χ4n) is 5.84. The lowest BCUT2D eigenvalue weighted by molar-refractivity contribution is -0.127. The average Bonchev–Trinajstić information content (AvgIpc) is 3.05. The quantitative estimate of drug-likeness (QED) is 0.204. The third-order valence-corrected chi connectivity index (χ3v) is 9.46. The summed E-state index contributed by atoms with van der Waals surface area (Å²) in [4.78, 5) is 27.7. The van der Waals surface area contributed by atoms with Crippen molar-refractivity contribution in [1.29, 1.82) is 0 Å². The zero-order valence-corrected chi connectivity index (χ0v) is 26.9. The maximum absolute atomic E-state index is 12.1. The number of amides is 2. The van der Waals surface area contributed by atoms with Gasteiger partial charge in [0.05, 0.1) is 20.1 Å². The first-order chi connectivity index (χ1) is 21.2. The molecule has 0 saturated carbocycles. The lowest BCUT2D eigenvalue weighted by Gasteiger charge is -2.35. The zero-order valence-electron chi connectivity index (χ0n) is 23.9. The van der Waals surface area contributed by atoms with Crippen LogP contribution in [0.2, 0.25) is 20.1 Å². The number of nitrogens with zero attached hydrogens (tertiary/aromatic N) is 2. The third-order valence-electron chi connectivity index (χ3n) is 8.02. The highest BCUT2D eigenvalue weighted by Crippen LogP contribution is 2.39. The molecule has 2 aliphatic heterocycles. The molecule has 2 aliphatic rings. The van der Waals surface area contributed by atoms with Gasteiger partial charge >= 0.3 is 0 Å². The molecule has 2 heterocycles. The summed E-state index contributed by atoms with van der Waals surface area (Å²) in [6.45, 7) is 9.44. The summed E-state index contributed by atoms with van der Waals surface area (Å²) in [5.74, 6) is 0.0301. The van der Waals surface area contributed by atoms with E-state index in [0.29, 0.717) is 46.3 Å². The smallest absolute Gasteiger partial charge is 0.246 e. The van der Waals surface area contributed by atoms with Crippen LogP contribution in [-0.2, 0) is 22.7 Å². The van der Waals surface area contributed by atoms with Gasteiger partial charge in [-0.15, -0.1) is 0 Å². The van der Waals surface area contributed by atoms with Gasteiger partial charge in [-0.05, 0) is 69.8 Å². The zero-order chi connectivity index (χ0) is 31.4. The van der Waals surface area contributed by atoms with Crippen molar-refractivity contribution in [3.63, 3.8) is 0 Å². The average molecular weight is 664 g/mol. The van der Waals surface area contributed by atoms with Crippen molar-refractivity contribution in [2.24, 2.45) is 0 Å². The molecule has 0 aliphatic carbocycles. The van der Waals surface area contributed by atoms with Crippen LogP contribution in [-0.4, -0.2) is 34.7 Å².